The molecule has 1 aliphatic carbocycles. The van der Waals surface area contributed by atoms with Crippen LogP contribution in [0.3, 0.4) is 0 Å². The zero-order valence-electron chi connectivity index (χ0n) is 11.2. The molecule has 1 saturated carbocycles. The van der Waals surface area contributed by atoms with Crippen molar-refractivity contribution in [2.24, 2.45) is 11.7 Å². The second kappa shape index (κ2) is 5.54. The Bertz CT molecular complexity index is 538. The minimum atomic E-state index is -0.106. The van der Waals surface area contributed by atoms with Crippen molar-refractivity contribution in [3.8, 4) is 11.5 Å². The van der Waals surface area contributed by atoms with Gasteiger partial charge in [-0.25, -0.2) is 0 Å². The Hall–Kier alpha value is -2.01. The number of amides is 1. The summed E-state index contributed by atoms with van der Waals surface area (Å²) in [5.41, 5.74) is 6.56. The van der Waals surface area contributed by atoms with Gasteiger partial charge < -0.3 is 20.5 Å². The molecule has 1 heterocycles. The van der Waals surface area contributed by atoms with Crippen molar-refractivity contribution in [1.82, 2.24) is 5.32 Å². The van der Waals surface area contributed by atoms with Gasteiger partial charge >= 0.3 is 0 Å². The van der Waals surface area contributed by atoms with Gasteiger partial charge in [-0.15, -0.1) is 0 Å². The molecule has 0 bridgehead atoms. The molecule has 3 rings (SSSR count). The van der Waals surface area contributed by atoms with Crippen molar-refractivity contribution in [1.29, 1.82) is 0 Å². The minimum Gasteiger partial charge on any atom is -0.454 e. The molecular formula is C15H18N2O3. The third kappa shape index (κ3) is 2.93. The van der Waals surface area contributed by atoms with Crippen LogP contribution in [-0.2, 0) is 4.79 Å². The molecule has 1 aliphatic heterocycles. The summed E-state index contributed by atoms with van der Waals surface area (Å²) in [4.78, 5) is 11.8. The van der Waals surface area contributed by atoms with Crippen LogP contribution in [0.4, 0.5) is 0 Å². The average Bonchev–Trinajstić information content (AvgIpc) is 3.20. The zero-order chi connectivity index (χ0) is 13.9. The number of nitrogens with two attached hydrogens (primary N) is 1. The lowest BCUT2D eigenvalue weighted by atomic mass is 10.1. The van der Waals surface area contributed by atoms with E-state index in [-0.39, 0.29) is 18.7 Å². The normalized spacial score (nSPS) is 18.2. The standard InChI is InChI=1S/C15H18N2O3/c16-8-12(11-3-4-11)17-15(18)6-2-10-1-5-13-14(7-10)20-9-19-13/h1-2,5-7,11-12H,3-4,8-9,16H2,(H,17,18). The molecule has 5 heteroatoms. The quantitative estimate of drug-likeness (QED) is 0.793. The van der Waals surface area contributed by atoms with E-state index in [1.165, 1.54) is 6.08 Å². The maximum atomic E-state index is 11.8. The third-order valence-corrected chi connectivity index (χ3v) is 3.60. The summed E-state index contributed by atoms with van der Waals surface area (Å²) in [6, 6.07) is 5.68. The van der Waals surface area contributed by atoms with Gasteiger partial charge in [0.1, 0.15) is 0 Å². The highest BCUT2D eigenvalue weighted by atomic mass is 16.7. The van der Waals surface area contributed by atoms with Gasteiger partial charge in [0, 0.05) is 18.7 Å². The van der Waals surface area contributed by atoms with Crippen molar-refractivity contribution in [3.63, 3.8) is 0 Å². The molecule has 1 amide bonds. The van der Waals surface area contributed by atoms with E-state index in [4.69, 9.17) is 15.2 Å². The van der Waals surface area contributed by atoms with Gasteiger partial charge in [-0.3, -0.25) is 4.79 Å². The van der Waals surface area contributed by atoms with Crippen LogP contribution in [0.2, 0.25) is 0 Å². The van der Waals surface area contributed by atoms with Gasteiger partial charge in [0.2, 0.25) is 12.7 Å². The van der Waals surface area contributed by atoms with E-state index in [1.807, 2.05) is 18.2 Å². The number of carbonyl (C=O) groups excluding carboxylic acids is 1. The number of hydrogen-bond acceptors (Lipinski definition) is 4. The molecule has 106 valence electrons. The number of nitrogens with one attached hydrogen (secondary N) is 1. The molecular weight excluding hydrogens is 256 g/mol. The number of benzene rings is 1. The van der Waals surface area contributed by atoms with Gasteiger partial charge in [0.25, 0.3) is 0 Å². The molecule has 1 aromatic carbocycles. The van der Waals surface area contributed by atoms with Crippen molar-refractivity contribution < 1.29 is 14.3 Å². The third-order valence-electron chi connectivity index (χ3n) is 3.60. The van der Waals surface area contributed by atoms with E-state index in [0.29, 0.717) is 18.2 Å². The zero-order valence-corrected chi connectivity index (χ0v) is 11.2. The molecule has 0 saturated heterocycles. The van der Waals surface area contributed by atoms with Crippen molar-refractivity contribution >= 4 is 12.0 Å². The fourth-order valence-electron chi connectivity index (χ4n) is 2.29. The van der Waals surface area contributed by atoms with Crippen molar-refractivity contribution in [2.45, 2.75) is 18.9 Å². The Morgan fingerprint density at radius 1 is 1.40 bits per heavy atom. The van der Waals surface area contributed by atoms with E-state index in [0.717, 1.165) is 24.2 Å². The number of rotatable bonds is 5. The molecule has 3 N–H and O–H groups in total. The summed E-state index contributed by atoms with van der Waals surface area (Å²) >= 11 is 0. The molecule has 0 spiro atoms. The lowest BCUT2D eigenvalue weighted by molar-refractivity contribution is -0.117. The first-order chi connectivity index (χ1) is 9.76. The minimum absolute atomic E-state index is 0.101. The summed E-state index contributed by atoms with van der Waals surface area (Å²) in [7, 11) is 0. The SMILES string of the molecule is NCC(NC(=O)C=Cc1ccc2c(c1)OCO2)C1CC1. The fraction of sp³-hybridized carbons (Fsp3) is 0.400. The smallest absolute Gasteiger partial charge is 0.244 e. The first kappa shape index (κ1) is 13.0. The van der Waals surface area contributed by atoms with Gasteiger partial charge in [0.05, 0.1) is 0 Å². The van der Waals surface area contributed by atoms with Crippen LogP contribution in [0, 0.1) is 5.92 Å². The van der Waals surface area contributed by atoms with E-state index < -0.39 is 0 Å². The number of carbonyl (C=O) groups is 1. The van der Waals surface area contributed by atoms with Crippen LogP contribution in [0.5, 0.6) is 11.5 Å². The van der Waals surface area contributed by atoms with E-state index in [1.54, 1.807) is 6.08 Å². The predicted molar refractivity (Wildman–Crippen MR) is 75.3 cm³/mol. The van der Waals surface area contributed by atoms with Gasteiger partial charge in [0.15, 0.2) is 11.5 Å². The lowest BCUT2D eigenvalue weighted by Crippen LogP contribution is -2.40. The highest BCUT2D eigenvalue weighted by Crippen LogP contribution is 2.33. The summed E-state index contributed by atoms with van der Waals surface area (Å²) in [5, 5.41) is 2.94. The highest BCUT2D eigenvalue weighted by Gasteiger charge is 2.30. The summed E-state index contributed by atoms with van der Waals surface area (Å²) in [5.74, 6) is 1.90. The maximum absolute atomic E-state index is 11.8. The number of fused-ring (bicyclic) bond motifs is 1. The summed E-state index contributed by atoms with van der Waals surface area (Å²) in [6.07, 6.45) is 5.61. The van der Waals surface area contributed by atoms with Crippen LogP contribution in [0.1, 0.15) is 18.4 Å². The summed E-state index contributed by atoms with van der Waals surface area (Å²) in [6.45, 7) is 0.747. The summed E-state index contributed by atoms with van der Waals surface area (Å²) < 4.78 is 10.5. The lowest BCUT2D eigenvalue weighted by Gasteiger charge is -2.14. The van der Waals surface area contributed by atoms with Gasteiger partial charge in [-0.1, -0.05) is 6.07 Å². The Balaban J connectivity index is 1.60. The molecule has 2 aliphatic rings. The van der Waals surface area contributed by atoms with Crippen LogP contribution in [0.25, 0.3) is 6.08 Å². The second-order valence-corrected chi connectivity index (χ2v) is 5.13. The maximum Gasteiger partial charge on any atom is 0.244 e. The van der Waals surface area contributed by atoms with E-state index in [9.17, 15) is 4.79 Å². The second-order valence-electron chi connectivity index (χ2n) is 5.13. The molecule has 1 atom stereocenters. The molecule has 1 fully saturated rings. The Morgan fingerprint density at radius 3 is 2.95 bits per heavy atom. The molecule has 1 unspecified atom stereocenters. The predicted octanol–water partition coefficient (Wildman–Crippen LogP) is 1.28. The first-order valence-corrected chi connectivity index (χ1v) is 6.84. The monoisotopic (exact) mass is 274 g/mol. The fourth-order valence-corrected chi connectivity index (χ4v) is 2.29. The van der Waals surface area contributed by atoms with E-state index in [2.05, 4.69) is 5.32 Å². The number of hydrogen-bond donors (Lipinski definition) is 2. The van der Waals surface area contributed by atoms with Crippen molar-refractivity contribution in [2.75, 3.05) is 13.3 Å². The van der Waals surface area contributed by atoms with Crippen LogP contribution in [-0.4, -0.2) is 25.3 Å². The molecule has 5 nitrogen and oxygen atoms in total. The van der Waals surface area contributed by atoms with E-state index >= 15 is 0 Å². The van der Waals surface area contributed by atoms with Gasteiger partial charge in [-0.05, 0) is 42.5 Å². The molecule has 0 aromatic heterocycles. The highest BCUT2D eigenvalue weighted by molar-refractivity contribution is 5.92. The largest absolute Gasteiger partial charge is 0.454 e. The topological polar surface area (TPSA) is 73.6 Å². The van der Waals surface area contributed by atoms with Crippen LogP contribution in [0.15, 0.2) is 24.3 Å². The number of ether oxygens (including phenoxy) is 2. The average molecular weight is 274 g/mol. The molecule has 1 aromatic rings. The first-order valence-electron chi connectivity index (χ1n) is 6.84. The van der Waals surface area contributed by atoms with Crippen LogP contribution < -0.4 is 20.5 Å². The Labute approximate surface area is 117 Å². The van der Waals surface area contributed by atoms with Gasteiger partial charge in [-0.2, -0.15) is 0 Å². The van der Waals surface area contributed by atoms with Crippen molar-refractivity contribution in [3.05, 3.63) is 29.8 Å². The Kier molecular flexibility index (Phi) is 3.60. The Morgan fingerprint density at radius 2 is 2.20 bits per heavy atom. The molecule has 20 heavy (non-hydrogen) atoms. The van der Waals surface area contributed by atoms with Crippen LogP contribution >= 0.6 is 0 Å². The molecule has 0 radical (unpaired) electrons.